The zero-order valence-electron chi connectivity index (χ0n) is 9.75. The molecule has 90 valence electrons. The van der Waals surface area contributed by atoms with Crippen LogP contribution in [0.2, 0.25) is 0 Å². The molecule has 0 aliphatic carbocycles. The maximum Gasteiger partial charge on any atom is 0.240 e. The number of carbonyl (C=O) groups is 1. The molecule has 5 nitrogen and oxygen atoms in total. The summed E-state index contributed by atoms with van der Waals surface area (Å²) >= 11 is 0. The molecule has 0 aromatic heterocycles. The predicted octanol–water partition coefficient (Wildman–Crippen LogP) is -0.373. The van der Waals surface area contributed by atoms with Crippen molar-refractivity contribution in [1.29, 1.82) is 0 Å². The quantitative estimate of drug-likeness (QED) is 0.544. The highest BCUT2D eigenvalue weighted by Gasteiger charge is 2.31. The fraction of sp³-hybridized carbons (Fsp3) is 0.900. The van der Waals surface area contributed by atoms with Gasteiger partial charge in [-0.05, 0) is 12.8 Å². The lowest BCUT2D eigenvalue weighted by molar-refractivity contribution is -0.128. The van der Waals surface area contributed by atoms with Gasteiger partial charge in [0, 0.05) is 7.11 Å². The van der Waals surface area contributed by atoms with Gasteiger partial charge in [0.25, 0.3) is 0 Å². The lowest BCUT2D eigenvalue weighted by Gasteiger charge is -2.27. The normalized spacial score (nSPS) is 13.7. The number of carbonyl (C=O) groups excluding carboxylic acids is 1. The molecule has 15 heavy (non-hydrogen) atoms. The fourth-order valence-corrected chi connectivity index (χ4v) is 1.24. The fourth-order valence-electron chi connectivity index (χ4n) is 1.24. The number of aliphatic hydroxyl groups is 1. The molecule has 0 saturated heterocycles. The highest BCUT2D eigenvalue weighted by atomic mass is 16.5. The summed E-state index contributed by atoms with van der Waals surface area (Å²) in [4.78, 5) is 11.8. The maximum atomic E-state index is 11.8. The number of aliphatic hydroxyl groups excluding tert-OH is 1. The van der Waals surface area contributed by atoms with Gasteiger partial charge in [0.1, 0.15) is 0 Å². The van der Waals surface area contributed by atoms with E-state index >= 15 is 0 Å². The minimum Gasteiger partial charge on any atom is -0.394 e. The number of ether oxygens (including phenoxy) is 1. The minimum atomic E-state index is -0.846. The van der Waals surface area contributed by atoms with Gasteiger partial charge in [-0.3, -0.25) is 4.79 Å². The Labute approximate surface area is 91.0 Å². The summed E-state index contributed by atoms with van der Waals surface area (Å²) in [5, 5.41) is 11.7. The Morgan fingerprint density at radius 2 is 2.07 bits per heavy atom. The van der Waals surface area contributed by atoms with E-state index in [0.29, 0.717) is 12.8 Å². The summed E-state index contributed by atoms with van der Waals surface area (Å²) in [5.41, 5.74) is 5.06. The molecule has 0 radical (unpaired) electrons. The van der Waals surface area contributed by atoms with Crippen LogP contribution in [-0.2, 0) is 9.53 Å². The number of amides is 1. The third-order valence-corrected chi connectivity index (χ3v) is 2.64. The SMILES string of the molecule is CCC(N)(CC)C(=O)NC(CO)COC. The van der Waals surface area contributed by atoms with E-state index in [1.165, 1.54) is 7.11 Å². The molecule has 1 atom stereocenters. The molecule has 0 rings (SSSR count). The summed E-state index contributed by atoms with van der Waals surface area (Å²) in [6.07, 6.45) is 1.14. The first-order chi connectivity index (χ1) is 7.03. The first-order valence-corrected chi connectivity index (χ1v) is 5.23. The topological polar surface area (TPSA) is 84.6 Å². The van der Waals surface area contributed by atoms with Gasteiger partial charge in [0.2, 0.25) is 5.91 Å². The molecule has 4 N–H and O–H groups in total. The molecular weight excluding hydrogens is 196 g/mol. The van der Waals surface area contributed by atoms with Crippen molar-refractivity contribution in [2.24, 2.45) is 5.73 Å². The van der Waals surface area contributed by atoms with Crippen LogP contribution in [0, 0.1) is 0 Å². The Bertz CT molecular complexity index is 193. The largest absolute Gasteiger partial charge is 0.394 e. The van der Waals surface area contributed by atoms with Crippen molar-refractivity contribution in [1.82, 2.24) is 5.32 Å². The minimum absolute atomic E-state index is 0.150. The van der Waals surface area contributed by atoms with Gasteiger partial charge in [-0.1, -0.05) is 13.8 Å². The first-order valence-electron chi connectivity index (χ1n) is 5.23. The van der Waals surface area contributed by atoms with E-state index in [4.69, 9.17) is 15.6 Å². The Morgan fingerprint density at radius 3 is 2.40 bits per heavy atom. The van der Waals surface area contributed by atoms with Gasteiger partial charge in [0.15, 0.2) is 0 Å². The zero-order valence-corrected chi connectivity index (χ0v) is 9.75. The molecule has 1 amide bonds. The van der Waals surface area contributed by atoms with Crippen LogP contribution in [-0.4, -0.2) is 42.9 Å². The van der Waals surface area contributed by atoms with Gasteiger partial charge in [0.05, 0.1) is 24.8 Å². The van der Waals surface area contributed by atoms with Crippen molar-refractivity contribution in [2.75, 3.05) is 20.3 Å². The average molecular weight is 218 g/mol. The van der Waals surface area contributed by atoms with Crippen molar-refractivity contribution in [3.8, 4) is 0 Å². The molecule has 0 heterocycles. The smallest absolute Gasteiger partial charge is 0.240 e. The second-order valence-electron chi connectivity index (χ2n) is 3.67. The number of rotatable bonds is 7. The Balaban J connectivity index is 4.31. The maximum absolute atomic E-state index is 11.8. The van der Waals surface area contributed by atoms with Crippen molar-refractivity contribution in [2.45, 2.75) is 38.3 Å². The number of nitrogens with one attached hydrogen (secondary N) is 1. The van der Waals surface area contributed by atoms with Gasteiger partial charge < -0.3 is 20.9 Å². The lowest BCUT2D eigenvalue weighted by Crippen LogP contribution is -2.56. The van der Waals surface area contributed by atoms with Crippen molar-refractivity contribution >= 4 is 5.91 Å². The van der Waals surface area contributed by atoms with Crippen LogP contribution in [0.15, 0.2) is 0 Å². The summed E-state index contributed by atoms with van der Waals surface area (Å²) in [7, 11) is 1.52. The van der Waals surface area contributed by atoms with Crippen LogP contribution in [0.5, 0.6) is 0 Å². The number of hydrogen-bond acceptors (Lipinski definition) is 4. The van der Waals surface area contributed by atoms with Crippen LogP contribution in [0.1, 0.15) is 26.7 Å². The first kappa shape index (κ1) is 14.3. The standard InChI is InChI=1S/C10H22N2O3/c1-4-10(11,5-2)9(14)12-8(6-13)7-15-3/h8,13H,4-7,11H2,1-3H3,(H,12,14). The second-order valence-corrected chi connectivity index (χ2v) is 3.67. The lowest BCUT2D eigenvalue weighted by atomic mass is 9.93. The van der Waals surface area contributed by atoms with Crippen LogP contribution < -0.4 is 11.1 Å². The van der Waals surface area contributed by atoms with Crippen molar-refractivity contribution < 1.29 is 14.6 Å². The third-order valence-electron chi connectivity index (χ3n) is 2.64. The highest BCUT2D eigenvalue weighted by Crippen LogP contribution is 2.11. The Hall–Kier alpha value is -0.650. The molecule has 0 fully saturated rings. The molecule has 5 heteroatoms. The molecule has 0 saturated carbocycles. The molecule has 1 unspecified atom stereocenters. The van der Waals surface area contributed by atoms with Crippen molar-refractivity contribution in [3.05, 3.63) is 0 Å². The average Bonchev–Trinajstić information content (AvgIpc) is 2.27. The number of hydrogen-bond donors (Lipinski definition) is 3. The number of nitrogens with two attached hydrogens (primary N) is 1. The van der Waals surface area contributed by atoms with E-state index in [9.17, 15) is 4.79 Å². The van der Waals surface area contributed by atoms with Crippen molar-refractivity contribution in [3.63, 3.8) is 0 Å². The Morgan fingerprint density at radius 1 is 1.53 bits per heavy atom. The molecule has 0 aliphatic heterocycles. The highest BCUT2D eigenvalue weighted by molar-refractivity contribution is 5.86. The molecular formula is C10H22N2O3. The monoisotopic (exact) mass is 218 g/mol. The summed E-state index contributed by atoms with van der Waals surface area (Å²) < 4.78 is 4.86. The summed E-state index contributed by atoms with van der Waals surface area (Å²) in [5.74, 6) is -0.233. The molecule has 0 bridgehead atoms. The van der Waals surface area contributed by atoms with Crippen LogP contribution in [0.4, 0.5) is 0 Å². The van der Waals surface area contributed by atoms with E-state index in [2.05, 4.69) is 5.32 Å². The molecule has 0 aromatic rings. The molecule has 0 aliphatic rings. The third kappa shape index (κ3) is 4.15. The van der Waals surface area contributed by atoms with Gasteiger partial charge in [-0.15, -0.1) is 0 Å². The van der Waals surface area contributed by atoms with E-state index < -0.39 is 5.54 Å². The zero-order chi connectivity index (χ0) is 11.9. The van der Waals surface area contributed by atoms with Gasteiger partial charge in [-0.25, -0.2) is 0 Å². The van der Waals surface area contributed by atoms with E-state index in [1.807, 2.05) is 13.8 Å². The second kappa shape index (κ2) is 6.76. The van der Waals surface area contributed by atoms with Gasteiger partial charge in [-0.2, -0.15) is 0 Å². The van der Waals surface area contributed by atoms with Crippen LogP contribution in [0.25, 0.3) is 0 Å². The number of methoxy groups -OCH3 is 1. The van der Waals surface area contributed by atoms with E-state index in [-0.39, 0.29) is 25.2 Å². The van der Waals surface area contributed by atoms with Crippen LogP contribution >= 0.6 is 0 Å². The van der Waals surface area contributed by atoms with E-state index in [1.54, 1.807) is 0 Å². The molecule has 0 aromatic carbocycles. The van der Waals surface area contributed by atoms with E-state index in [0.717, 1.165) is 0 Å². The Kier molecular flexibility index (Phi) is 6.47. The van der Waals surface area contributed by atoms with Gasteiger partial charge >= 0.3 is 0 Å². The predicted molar refractivity (Wildman–Crippen MR) is 58.4 cm³/mol. The molecule has 0 spiro atoms. The summed E-state index contributed by atoms with van der Waals surface area (Å²) in [6.45, 7) is 3.87. The summed E-state index contributed by atoms with van der Waals surface area (Å²) in [6, 6.07) is -0.386. The van der Waals surface area contributed by atoms with Crippen LogP contribution in [0.3, 0.4) is 0 Å².